The highest BCUT2D eigenvalue weighted by atomic mass is 16.6. The minimum atomic E-state index is 0.938. The number of nitrogens with zero attached hydrogens (tertiary/aromatic N) is 2. The van der Waals surface area contributed by atoms with Crippen LogP contribution in [0.1, 0.15) is 17.5 Å². The number of benzene rings is 1. The van der Waals surface area contributed by atoms with Crippen molar-refractivity contribution < 1.29 is 4.84 Å². The molecule has 1 aromatic carbocycles. The van der Waals surface area contributed by atoms with Crippen LogP contribution in [0.4, 0.5) is 0 Å². The van der Waals surface area contributed by atoms with E-state index < -0.39 is 0 Å². The molecule has 1 heterocycles. The van der Waals surface area contributed by atoms with Gasteiger partial charge in [-0.3, -0.25) is 4.98 Å². The van der Waals surface area contributed by atoms with E-state index in [1.165, 1.54) is 16.7 Å². The second kappa shape index (κ2) is 4.61. The molecule has 1 aromatic heterocycles. The summed E-state index contributed by atoms with van der Waals surface area (Å²) >= 11 is 0. The highest BCUT2D eigenvalue weighted by Crippen LogP contribution is 2.31. The molecule has 3 nitrogen and oxygen atoms in total. The number of rotatable bonds is 2. The first-order chi connectivity index (χ1) is 8.90. The zero-order valence-corrected chi connectivity index (χ0v) is 10.3. The predicted octanol–water partition coefficient (Wildman–Crippen LogP) is 3.05. The van der Waals surface area contributed by atoms with Gasteiger partial charge in [0.05, 0.1) is 11.4 Å². The average molecular weight is 238 g/mol. The van der Waals surface area contributed by atoms with Gasteiger partial charge in [0.25, 0.3) is 0 Å². The molecule has 0 spiro atoms. The zero-order valence-electron chi connectivity index (χ0n) is 10.3. The fourth-order valence-corrected chi connectivity index (χ4v) is 2.47. The van der Waals surface area contributed by atoms with Crippen molar-refractivity contribution in [3.63, 3.8) is 0 Å². The van der Waals surface area contributed by atoms with Crippen molar-refractivity contribution in [1.29, 1.82) is 0 Å². The summed E-state index contributed by atoms with van der Waals surface area (Å²) in [4.78, 5) is 9.33. The van der Waals surface area contributed by atoms with Gasteiger partial charge in [0.2, 0.25) is 0 Å². The summed E-state index contributed by atoms with van der Waals surface area (Å²) in [6.07, 6.45) is 3.77. The Bertz CT molecular complexity index is 591. The van der Waals surface area contributed by atoms with Crippen LogP contribution in [0.25, 0.3) is 11.3 Å². The van der Waals surface area contributed by atoms with E-state index in [9.17, 15) is 0 Å². The number of oxime groups is 1. The lowest BCUT2D eigenvalue weighted by Crippen LogP contribution is -1.96. The van der Waals surface area contributed by atoms with Gasteiger partial charge in [0.15, 0.2) is 0 Å². The lowest BCUT2D eigenvalue weighted by molar-refractivity contribution is 0.213. The molecule has 0 atom stereocenters. The van der Waals surface area contributed by atoms with Gasteiger partial charge < -0.3 is 4.84 Å². The van der Waals surface area contributed by atoms with E-state index in [1.807, 2.05) is 24.4 Å². The molecule has 0 aliphatic heterocycles. The fraction of sp³-hybridized carbons (Fsp3) is 0.200. The molecular formula is C15H14N2O. The first-order valence-electron chi connectivity index (χ1n) is 6.04. The Balaban J connectivity index is 2.13. The van der Waals surface area contributed by atoms with Crippen LogP contribution in [0.15, 0.2) is 47.8 Å². The predicted molar refractivity (Wildman–Crippen MR) is 71.5 cm³/mol. The number of fused-ring (bicyclic) bond motifs is 1. The molecule has 90 valence electrons. The molecule has 2 aromatic rings. The Labute approximate surface area is 106 Å². The molecule has 0 N–H and O–H groups in total. The lowest BCUT2D eigenvalue weighted by Gasteiger charge is -2.07. The minimum Gasteiger partial charge on any atom is -0.399 e. The Morgan fingerprint density at radius 3 is 2.72 bits per heavy atom. The molecule has 0 amide bonds. The standard InChI is InChI=1S/C15H14N2O/c1-18-17-15-9-8-11-12(5-4-6-13(11)15)14-7-2-3-10-16-14/h2-7,10H,8-9H2,1H3/b17-15-. The maximum Gasteiger partial charge on any atom is 0.106 e. The number of pyridine rings is 1. The van der Waals surface area contributed by atoms with Gasteiger partial charge >= 0.3 is 0 Å². The van der Waals surface area contributed by atoms with Crippen LogP contribution in [-0.2, 0) is 11.3 Å². The van der Waals surface area contributed by atoms with Gasteiger partial charge in [-0.1, -0.05) is 29.4 Å². The highest BCUT2D eigenvalue weighted by Gasteiger charge is 2.21. The second-order valence-corrected chi connectivity index (χ2v) is 4.27. The van der Waals surface area contributed by atoms with Gasteiger partial charge in [-0.15, -0.1) is 0 Å². The van der Waals surface area contributed by atoms with E-state index in [0.717, 1.165) is 24.2 Å². The van der Waals surface area contributed by atoms with E-state index in [-0.39, 0.29) is 0 Å². The van der Waals surface area contributed by atoms with Crippen LogP contribution in [0, 0.1) is 0 Å². The topological polar surface area (TPSA) is 34.5 Å². The molecule has 1 aliphatic carbocycles. The fourth-order valence-electron chi connectivity index (χ4n) is 2.47. The van der Waals surface area contributed by atoms with E-state index in [0.29, 0.717) is 0 Å². The molecule has 1 aliphatic rings. The van der Waals surface area contributed by atoms with Crippen LogP contribution in [-0.4, -0.2) is 17.8 Å². The third kappa shape index (κ3) is 1.78. The molecule has 0 radical (unpaired) electrons. The van der Waals surface area contributed by atoms with Crippen LogP contribution in [0.5, 0.6) is 0 Å². The van der Waals surface area contributed by atoms with Crippen molar-refractivity contribution in [3.8, 4) is 11.3 Å². The molecule has 3 rings (SSSR count). The molecule has 0 saturated heterocycles. The minimum absolute atomic E-state index is 0.938. The summed E-state index contributed by atoms with van der Waals surface area (Å²) in [6, 6.07) is 12.3. The van der Waals surface area contributed by atoms with Crippen molar-refractivity contribution in [2.24, 2.45) is 5.16 Å². The summed E-state index contributed by atoms with van der Waals surface area (Å²) in [6.45, 7) is 0. The third-order valence-corrected chi connectivity index (χ3v) is 3.24. The molecule has 0 saturated carbocycles. The second-order valence-electron chi connectivity index (χ2n) is 4.27. The first kappa shape index (κ1) is 11.0. The summed E-state index contributed by atoms with van der Waals surface area (Å²) in [5.74, 6) is 0. The Morgan fingerprint density at radius 2 is 1.94 bits per heavy atom. The zero-order chi connectivity index (χ0) is 12.4. The van der Waals surface area contributed by atoms with Gasteiger partial charge in [-0.2, -0.15) is 0 Å². The average Bonchev–Trinajstić information content (AvgIpc) is 2.84. The summed E-state index contributed by atoms with van der Waals surface area (Å²) < 4.78 is 0. The molecule has 0 fully saturated rings. The number of hydrogen-bond donors (Lipinski definition) is 0. The molecule has 0 bridgehead atoms. The number of hydrogen-bond acceptors (Lipinski definition) is 3. The summed E-state index contributed by atoms with van der Waals surface area (Å²) in [5.41, 5.74) is 5.78. The molecule has 18 heavy (non-hydrogen) atoms. The van der Waals surface area contributed by atoms with Gasteiger partial charge in [-0.05, 0) is 30.5 Å². The normalized spacial score (nSPS) is 15.7. The van der Waals surface area contributed by atoms with Crippen molar-refractivity contribution in [3.05, 3.63) is 53.7 Å². The lowest BCUT2D eigenvalue weighted by atomic mass is 10.0. The Morgan fingerprint density at radius 1 is 1.06 bits per heavy atom. The molecule has 3 heteroatoms. The van der Waals surface area contributed by atoms with Crippen LogP contribution in [0.2, 0.25) is 0 Å². The van der Waals surface area contributed by atoms with Gasteiger partial charge in [-0.25, -0.2) is 0 Å². The van der Waals surface area contributed by atoms with Crippen LogP contribution in [0.3, 0.4) is 0 Å². The van der Waals surface area contributed by atoms with E-state index in [1.54, 1.807) is 7.11 Å². The maximum absolute atomic E-state index is 4.90. The van der Waals surface area contributed by atoms with Crippen molar-refractivity contribution >= 4 is 5.71 Å². The highest BCUT2D eigenvalue weighted by molar-refractivity contribution is 6.05. The van der Waals surface area contributed by atoms with E-state index in [2.05, 4.69) is 28.3 Å². The van der Waals surface area contributed by atoms with Crippen LogP contribution < -0.4 is 0 Å². The first-order valence-corrected chi connectivity index (χ1v) is 6.04. The largest absolute Gasteiger partial charge is 0.399 e. The van der Waals surface area contributed by atoms with E-state index in [4.69, 9.17) is 4.84 Å². The van der Waals surface area contributed by atoms with Crippen molar-refractivity contribution in [1.82, 2.24) is 4.98 Å². The number of aromatic nitrogens is 1. The van der Waals surface area contributed by atoms with Gasteiger partial charge in [0, 0.05) is 17.3 Å². The van der Waals surface area contributed by atoms with Gasteiger partial charge in [0.1, 0.15) is 7.11 Å². The Hall–Kier alpha value is -2.16. The SMILES string of the molecule is CO/N=C1/CCc2c1cccc2-c1ccccn1. The van der Waals surface area contributed by atoms with Crippen LogP contribution >= 0.6 is 0 Å². The monoisotopic (exact) mass is 238 g/mol. The smallest absolute Gasteiger partial charge is 0.106 e. The summed E-state index contributed by atoms with van der Waals surface area (Å²) in [5, 5.41) is 4.10. The third-order valence-electron chi connectivity index (χ3n) is 3.24. The summed E-state index contributed by atoms with van der Waals surface area (Å²) in [7, 11) is 1.59. The maximum atomic E-state index is 4.90. The Kier molecular flexibility index (Phi) is 2.81. The molecular weight excluding hydrogens is 224 g/mol. The van der Waals surface area contributed by atoms with Crippen molar-refractivity contribution in [2.75, 3.05) is 7.11 Å². The van der Waals surface area contributed by atoms with Crippen molar-refractivity contribution in [2.45, 2.75) is 12.8 Å². The quantitative estimate of drug-likeness (QED) is 0.754. The van der Waals surface area contributed by atoms with E-state index >= 15 is 0 Å². The molecule has 0 unspecified atom stereocenters.